The molecule has 0 aliphatic carbocycles. The van der Waals surface area contributed by atoms with Crippen LogP contribution < -0.4 is 0 Å². The molecule has 0 saturated heterocycles. The van der Waals surface area contributed by atoms with Crippen LogP contribution in [0.2, 0.25) is 0 Å². The van der Waals surface area contributed by atoms with E-state index in [-0.39, 0.29) is 12.4 Å². The van der Waals surface area contributed by atoms with Crippen LogP contribution in [0.25, 0.3) is 5.82 Å². The number of hydrogen-bond acceptors (Lipinski definition) is 6. The molecule has 8 heteroatoms. The molecule has 0 aliphatic rings. The van der Waals surface area contributed by atoms with Gasteiger partial charge in [0.1, 0.15) is 5.69 Å². The minimum atomic E-state index is -0.511. The third kappa shape index (κ3) is 3.59. The fraction of sp³-hybridized carbons (Fsp3) is 0.286. The van der Waals surface area contributed by atoms with Crippen molar-refractivity contribution in [3.63, 3.8) is 0 Å². The second kappa shape index (κ2) is 7.60. The SMILES string of the molecule is CCOC(=O)c1nc(C#CSI)c(C)n1-c1cnc(C)cn1. The van der Waals surface area contributed by atoms with Gasteiger partial charge >= 0.3 is 5.97 Å². The topological polar surface area (TPSA) is 69.9 Å². The molecule has 0 amide bonds. The van der Waals surface area contributed by atoms with Crippen molar-refractivity contribution in [2.75, 3.05) is 6.61 Å². The highest BCUT2D eigenvalue weighted by Crippen LogP contribution is 2.17. The van der Waals surface area contributed by atoms with Crippen LogP contribution in [0.4, 0.5) is 0 Å². The molecule has 22 heavy (non-hydrogen) atoms. The number of carbonyl (C=O) groups is 1. The molecule has 114 valence electrons. The van der Waals surface area contributed by atoms with Gasteiger partial charge in [0.25, 0.3) is 0 Å². The largest absolute Gasteiger partial charge is 0.460 e. The smallest absolute Gasteiger partial charge is 0.375 e. The van der Waals surface area contributed by atoms with E-state index in [1.165, 1.54) is 8.93 Å². The molecule has 0 spiro atoms. The summed E-state index contributed by atoms with van der Waals surface area (Å²) in [5.41, 5.74) is 2.04. The van der Waals surface area contributed by atoms with Crippen LogP contribution in [0.3, 0.4) is 0 Å². The summed E-state index contributed by atoms with van der Waals surface area (Å²) in [6.45, 7) is 5.70. The predicted molar refractivity (Wildman–Crippen MR) is 93.1 cm³/mol. The molecule has 2 aromatic rings. The number of halogens is 1. The van der Waals surface area contributed by atoms with Crippen molar-refractivity contribution in [2.45, 2.75) is 20.8 Å². The number of imidazole rings is 1. The van der Waals surface area contributed by atoms with Crippen LogP contribution in [0.5, 0.6) is 0 Å². The first-order valence-electron chi connectivity index (χ1n) is 6.42. The van der Waals surface area contributed by atoms with E-state index >= 15 is 0 Å². The van der Waals surface area contributed by atoms with Crippen molar-refractivity contribution in [3.8, 4) is 17.0 Å². The molecule has 2 rings (SSSR count). The zero-order valence-electron chi connectivity index (χ0n) is 12.3. The van der Waals surface area contributed by atoms with E-state index in [0.717, 1.165) is 11.4 Å². The fourth-order valence-electron chi connectivity index (χ4n) is 1.80. The lowest BCUT2D eigenvalue weighted by Crippen LogP contribution is -2.14. The number of aromatic nitrogens is 4. The molecule has 2 heterocycles. The molecule has 0 saturated carbocycles. The van der Waals surface area contributed by atoms with E-state index in [2.05, 4.69) is 47.3 Å². The highest BCUT2D eigenvalue weighted by molar-refractivity contribution is 14.2. The molecule has 0 N–H and O–H groups in total. The van der Waals surface area contributed by atoms with Gasteiger partial charge in [-0.2, -0.15) is 0 Å². The number of ether oxygens (including phenoxy) is 1. The second-order valence-electron chi connectivity index (χ2n) is 4.25. The average molecular weight is 428 g/mol. The number of hydrogen-bond donors (Lipinski definition) is 0. The van der Waals surface area contributed by atoms with Crippen molar-refractivity contribution < 1.29 is 9.53 Å². The summed E-state index contributed by atoms with van der Waals surface area (Å²) in [6, 6.07) is 0. The Morgan fingerprint density at radius 2 is 2.18 bits per heavy atom. The quantitative estimate of drug-likeness (QED) is 0.426. The van der Waals surface area contributed by atoms with Gasteiger partial charge in [-0.05, 0) is 40.9 Å². The third-order valence-corrected chi connectivity index (χ3v) is 3.61. The van der Waals surface area contributed by atoms with Crippen LogP contribution in [-0.2, 0) is 4.74 Å². The van der Waals surface area contributed by atoms with Gasteiger partial charge in [-0.1, -0.05) is 0 Å². The Bertz CT molecular complexity index is 747. The zero-order valence-corrected chi connectivity index (χ0v) is 15.2. The van der Waals surface area contributed by atoms with E-state index in [1.807, 2.05) is 13.8 Å². The number of nitrogens with zero attached hydrogens (tertiary/aromatic N) is 4. The molecule has 0 aromatic carbocycles. The molecular weight excluding hydrogens is 415 g/mol. The number of aryl methyl sites for hydroxylation is 1. The molecule has 2 aromatic heterocycles. The van der Waals surface area contributed by atoms with E-state index in [9.17, 15) is 4.79 Å². The summed E-state index contributed by atoms with van der Waals surface area (Å²) in [4.78, 5) is 24.9. The molecular formula is C14H13IN4O2S. The highest BCUT2D eigenvalue weighted by Gasteiger charge is 2.22. The number of carbonyl (C=O) groups excluding carboxylic acids is 1. The van der Waals surface area contributed by atoms with Gasteiger partial charge in [-0.3, -0.25) is 9.55 Å². The van der Waals surface area contributed by atoms with Crippen molar-refractivity contribution >= 4 is 36.1 Å². The average Bonchev–Trinajstić information content (AvgIpc) is 2.83. The van der Waals surface area contributed by atoms with Crippen LogP contribution in [0, 0.1) is 25.0 Å². The van der Waals surface area contributed by atoms with Crippen LogP contribution in [0.1, 0.15) is 34.6 Å². The first-order valence-corrected chi connectivity index (χ1v) is 9.78. The lowest BCUT2D eigenvalue weighted by atomic mass is 10.3. The van der Waals surface area contributed by atoms with E-state index in [0.29, 0.717) is 11.5 Å². The minimum Gasteiger partial charge on any atom is -0.460 e. The standard InChI is InChI=1S/C14H13IN4O2S/c1-4-21-14(20)13-18-11(5-6-22-15)10(3)19(13)12-8-16-9(2)7-17-12/h7-8H,4H2,1-3H3. The Hall–Kier alpha value is -1.60. The maximum absolute atomic E-state index is 12.1. The van der Waals surface area contributed by atoms with Gasteiger partial charge in [0, 0.05) is 21.2 Å². The first-order chi connectivity index (χ1) is 10.6. The molecule has 0 bridgehead atoms. The fourth-order valence-corrected chi connectivity index (χ4v) is 2.27. The molecule has 0 aliphatic heterocycles. The molecule has 0 unspecified atom stereocenters. The van der Waals surface area contributed by atoms with Gasteiger partial charge < -0.3 is 4.74 Å². The summed E-state index contributed by atoms with van der Waals surface area (Å²) >= 11 is 2.08. The summed E-state index contributed by atoms with van der Waals surface area (Å²) < 4.78 is 6.68. The maximum Gasteiger partial charge on any atom is 0.375 e. The second-order valence-corrected chi connectivity index (χ2v) is 5.93. The van der Waals surface area contributed by atoms with Crippen LogP contribution in [-0.4, -0.2) is 32.1 Å². The minimum absolute atomic E-state index is 0.153. The summed E-state index contributed by atoms with van der Waals surface area (Å²) in [5, 5.41) is 2.87. The van der Waals surface area contributed by atoms with Gasteiger partial charge in [0.05, 0.1) is 30.4 Å². The normalized spacial score (nSPS) is 10.0. The molecule has 0 fully saturated rings. The Morgan fingerprint density at radius 3 is 2.77 bits per heavy atom. The van der Waals surface area contributed by atoms with E-state index in [4.69, 9.17) is 4.74 Å². The lowest BCUT2D eigenvalue weighted by molar-refractivity contribution is 0.0509. The Morgan fingerprint density at radius 1 is 1.41 bits per heavy atom. The van der Waals surface area contributed by atoms with Gasteiger partial charge in [0.15, 0.2) is 5.82 Å². The Balaban J connectivity index is 2.60. The van der Waals surface area contributed by atoms with Crippen molar-refractivity contribution in [1.82, 2.24) is 19.5 Å². The predicted octanol–water partition coefficient (Wildman–Crippen LogP) is 2.85. The van der Waals surface area contributed by atoms with Crippen molar-refractivity contribution in [1.29, 1.82) is 0 Å². The summed E-state index contributed by atoms with van der Waals surface area (Å²) in [6.07, 6.45) is 3.23. The Kier molecular flexibility index (Phi) is 5.79. The number of esters is 1. The summed E-state index contributed by atoms with van der Waals surface area (Å²) in [7, 11) is 1.35. The highest BCUT2D eigenvalue weighted by atomic mass is 127. The van der Waals surface area contributed by atoms with Crippen molar-refractivity contribution in [2.24, 2.45) is 0 Å². The molecule has 0 atom stereocenters. The lowest BCUT2D eigenvalue weighted by Gasteiger charge is -2.08. The zero-order chi connectivity index (χ0) is 16.1. The van der Waals surface area contributed by atoms with E-state index < -0.39 is 5.97 Å². The first kappa shape index (κ1) is 16.8. The van der Waals surface area contributed by atoms with Gasteiger partial charge in [0.2, 0.25) is 5.82 Å². The van der Waals surface area contributed by atoms with Crippen LogP contribution >= 0.6 is 30.1 Å². The van der Waals surface area contributed by atoms with E-state index in [1.54, 1.807) is 23.9 Å². The van der Waals surface area contributed by atoms with Gasteiger partial charge in [-0.15, -0.1) is 0 Å². The molecule has 0 radical (unpaired) electrons. The number of rotatable bonds is 3. The maximum atomic E-state index is 12.1. The monoisotopic (exact) mass is 428 g/mol. The third-order valence-electron chi connectivity index (χ3n) is 2.77. The summed E-state index contributed by atoms with van der Waals surface area (Å²) in [5.74, 6) is 3.07. The molecule has 6 nitrogen and oxygen atoms in total. The van der Waals surface area contributed by atoms with Crippen LogP contribution in [0.15, 0.2) is 12.4 Å². The van der Waals surface area contributed by atoms with Crippen molar-refractivity contribution in [3.05, 3.63) is 35.3 Å². The van der Waals surface area contributed by atoms with Gasteiger partial charge in [-0.25, -0.2) is 14.8 Å². The Labute approximate surface area is 144 Å².